The molecule has 0 atom stereocenters. The van der Waals surface area contributed by atoms with E-state index in [0.717, 1.165) is 42.2 Å². The number of nitrogens with one attached hydrogen (secondary N) is 1. The second-order valence-electron chi connectivity index (χ2n) is 9.62. The van der Waals surface area contributed by atoms with Crippen LogP contribution in [0.25, 0.3) is 16.9 Å². The van der Waals surface area contributed by atoms with Crippen LogP contribution in [0.5, 0.6) is 0 Å². The van der Waals surface area contributed by atoms with Crippen molar-refractivity contribution in [2.75, 3.05) is 60.9 Å². The lowest BCUT2D eigenvalue weighted by molar-refractivity contribution is -0.129. The summed E-state index contributed by atoms with van der Waals surface area (Å²) >= 11 is 0. The molecule has 0 aliphatic carbocycles. The van der Waals surface area contributed by atoms with Gasteiger partial charge < -0.3 is 20.0 Å². The van der Waals surface area contributed by atoms with Crippen molar-refractivity contribution in [3.63, 3.8) is 0 Å². The molecular weight excluding hydrogens is 476 g/mol. The first-order valence-corrected chi connectivity index (χ1v) is 13.1. The standard InChI is InChI=1S/C29H30N8O/c1-2-34-13-10-21-18-22(8-9-24(21)34)27-29(37-12-4-3-7-25(37)33-27)32-20-26(38)35-14-16-36(17-15-35)28-23(19-30)6-5-11-31-28/h3-9,11-12,18,32H,2,10,13-17,20H2,1H3. The summed E-state index contributed by atoms with van der Waals surface area (Å²) in [5.74, 6) is 1.55. The van der Waals surface area contributed by atoms with Crippen LogP contribution in [0.1, 0.15) is 18.1 Å². The van der Waals surface area contributed by atoms with Gasteiger partial charge in [0.15, 0.2) is 0 Å². The topological polar surface area (TPSA) is 92.8 Å². The molecule has 0 saturated carbocycles. The van der Waals surface area contributed by atoms with E-state index in [9.17, 15) is 10.1 Å². The van der Waals surface area contributed by atoms with Gasteiger partial charge in [0.25, 0.3) is 0 Å². The number of carbonyl (C=O) groups is 1. The first kappa shape index (κ1) is 23.8. The van der Waals surface area contributed by atoms with E-state index in [0.29, 0.717) is 37.6 Å². The summed E-state index contributed by atoms with van der Waals surface area (Å²) in [6, 6.07) is 18.2. The van der Waals surface area contributed by atoms with Crippen molar-refractivity contribution in [3.8, 4) is 17.3 Å². The molecule has 192 valence electrons. The van der Waals surface area contributed by atoms with Crippen molar-refractivity contribution >= 4 is 28.9 Å². The highest BCUT2D eigenvalue weighted by atomic mass is 16.2. The summed E-state index contributed by atoms with van der Waals surface area (Å²) < 4.78 is 2.01. The van der Waals surface area contributed by atoms with Crippen LogP contribution in [0.3, 0.4) is 0 Å². The van der Waals surface area contributed by atoms with Crippen LogP contribution in [0.2, 0.25) is 0 Å². The number of fused-ring (bicyclic) bond motifs is 2. The molecule has 0 unspecified atom stereocenters. The number of aromatic nitrogens is 3. The van der Waals surface area contributed by atoms with Crippen LogP contribution in [0, 0.1) is 11.3 Å². The molecule has 1 aromatic carbocycles. The Balaban J connectivity index is 1.18. The largest absolute Gasteiger partial charge is 0.371 e. The van der Waals surface area contributed by atoms with Crippen molar-refractivity contribution < 1.29 is 4.79 Å². The molecule has 3 aromatic heterocycles. The van der Waals surface area contributed by atoms with Crippen molar-refractivity contribution in [1.29, 1.82) is 5.26 Å². The van der Waals surface area contributed by atoms with Crippen LogP contribution in [0.4, 0.5) is 17.3 Å². The van der Waals surface area contributed by atoms with E-state index in [1.165, 1.54) is 11.3 Å². The van der Waals surface area contributed by atoms with Crippen molar-refractivity contribution in [3.05, 3.63) is 72.1 Å². The summed E-state index contributed by atoms with van der Waals surface area (Å²) in [4.78, 5) is 28.9. The van der Waals surface area contributed by atoms with Crippen LogP contribution in [-0.4, -0.2) is 71.0 Å². The maximum atomic E-state index is 13.2. The number of hydrogen-bond acceptors (Lipinski definition) is 7. The normalized spacial score (nSPS) is 15.0. The number of likely N-dealkylation sites (N-methyl/N-ethyl adjacent to an activating group) is 1. The fourth-order valence-corrected chi connectivity index (χ4v) is 5.49. The maximum absolute atomic E-state index is 13.2. The lowest BCUT2D eigenvalue weighted by Gasteiger charge is -2.35. The fourth-order valence-electron chi connectivity index (χ4n) is 5.49. The molecule has 0 spiro atoms. The van der Waals surface area contributed by atoms with Crippen LogP contribution >= 0.6 is 0 Å². The average Bonchev–Trinajstić information content (AvgIpc) is 3.56. The quantitative estimate of drug-likeness (QED) is 0.428. The highest BCUT2D eigenvalue weighted by Crippen LogP contribution is 2.35. The number of hydrogen-bond donors (Lipinski definition) is 1. The van der Waals surface area contributed by atoms with E-state index in [1.807, 2.05) is 33.7 Å². The molecule has 2 aliphatic rings. The summed E-state index contributed by atoms with van der Waals surface area (Å²) in [7, 11) is 0. The Bertz CT molecular complexity index is 1530. The van der Waals surface area contributed by atoms with E-state index in [-0.39, 0.29) is 12.5 Å². The first-order valence-electron chi connectivity index (χ1n) is 13.1. The SMILES string of the molecule is CCN1CCc2cc(-c3nc4ccccn4c3NCC(=O)N3CCN(c4ncccc4C#N)CC3)ccc21. The van der Waals surface area contributed by atoms with Crippen LogP contribution in [0.15, 0.2) is 60.9 Å². The molecule has 4 aromatic rings. The van der Waals surface area contributed by atoms with Crippen LogP contribution < -0.4 is 15.1 Å². The molecule has 0 bridgehead atoms. The van der Waals surface area contributed by atoms with Gasteiger partial charge in [0.1, 0.15) is 29.0 Å². The lowest BCUT2D eigenvalue weighted by Crippen LogP contribution is -2.50. The van der Waals surface area contributed by atoms with Gasteiger partial charge in [-0.3, -0.25) is 9.20 Å². The third-order valence-corrected chi connectivity index (χ3v) is 7.50. The zero-order chi connectivity index (χ0) is 26.1. The van der Waals surface area contributed by atoms with Crippen LogP contribution in [-0.2, 0) is 11.2 Å². The number of piperazine rings is 1. The molecule has 6 rings (SSSR count). The van der Waals surface area contributed by atoms with Gasteiger partial charge in [0.05, 0.1) is 12.1 Å². The Morgan fingerprint density at radius 2 is 1.95 bits per heavy atom. The zero-order valence-corrected chi connectivity index (χ0v) is 21.5. The number of amides is 1. The Kier molecular flexibility index (Phi) is 6.30. The molecule has 1 N–H and O–H groups in total. The highest BCUT2D eigenvalue weighted by molar-refractivity contribution is 5.84. The number of carbonyl (C=O) groups excluding carboxylic acids is 1. The van der Waals surface area contributed by atoms with Gasteiger partial charge in [-0.2, -0.15) is 5.26 Å². The van der Waals surface area contributed by atoms with Gasteiger partial charge in [0, 0.05) is 62.9 Å². The number of rotatable bonds is 6. The van der Waals surface area contributed by atoms with Crippen molar-refractivity contribution in [2.24, 2.45) is 0 Å². The van der Waals surface area contributed by atoms with Gasteiger partial charge in [-0.1, -0.05) is 12.1 Å². The Morgan fingerprint density at radius 1 is 1.08 bits per heavy atom. The maximum Gasteiger partial charge on any atom is 0.242 e. The van der Waals surface area contributed by atoms with E-state index in [4.69, 9.17) is 4.98 Å². The molecule has 0 radical (unpaired) electrons. The average molecular weight is 507 g/mol. The van der Waals surface area contributed by atoms with Gasteiger partial charge in [-0.05, 0) is 55.3 Å². The minimum Gasteiger partial charge on any atom is -0.371 e. The van der Waals surface area contributed by atoms with Gasteiger partial charge >= 0.3 is 0 Å². The Morgan fingerprint density at radius 3 is 2.76 bits per heavy atom. The number of pyridine rings is 2. The van der Waals surface area contributed by atoms with Gasteiger partial charge in [-0.25, -0.2) is 9.97 Å². The van der Waals surface area contributed by atoms with Crippen molar-refractivity contribution in [2.45, 2.75) is 13.3 Å². The second kappa shape index (κ2) is 10.1. The zero-order valence-electron chi connectivity index (χ0n) is 21.5. The Labute approximate surface area is 221 Å². The molecule has 1 saturated heterocycles. The predicted molar refractivity (Wildman–Crippen MR) is 148 cm³/mol. The number of benzene rings is 1. The highest BCUT2D eigenvalue weighted by Gasteiger charge is 2.25. The number of nitrogens with zero attached hydrogens (tertiary/aromatic N) is 7. The van der Waals surface area contributed by atoms with E-state index < -0.39 is 0 Å². The second-order valence-corrected chi connectivity index (χ2v) is 9.62. The summed E-state index contributed by atoms with van der Waals surface area (Å²) in [6.45, 7) is 6.87. The smallest absolute Gasteiger partial charge is 0.242 e. The molecule has 1 amide bonds. The summed E-state index contributed by atoms with van der Waals surface area (Å²) in [5.41, 5.74) is 5.95. The lowest BCUT2D eigenvalue weighted by atomic mass is 10.1. The van der Waals surface area contributed by atoms with E-state index in [2.05, 4.69) is 51.3 Å². The third-order valence-electron chi connectivity index (χ3n) is 7.50. The summed E-state index contributed by atoms with van der Waals surface area (Å²) in [6.07, 6.45) is 4.71. The number of anilines is 3. The monoisotopic (exact) mass is 506 g/mol. The third kappa shape index (κ3) is 4.28. The fraction of sp³-hybridized carbons (Fsp3) is 0.310. The molecule has 5 heterocycles. The molecule has 9 nitrogen and oxygen atoms in total. The minimum absolute atomic E-state index is 0.0375. The van der Waals surface area contributed by atoms with E-state index in [1.54, 1.807) is 18.3 Å². The van der Waals surface area contributed by atoms with Crippen molar-refractivity contribution in [1.82, 2.24) is 19.3 Å². The molecule has 2 aliphatic heterocycles. The minimum atomic E-state index is 0.0375. The van der Waals surface area contributed by atoms with E-state index >= 15 is 0 Å². The molecule has 38 heavy (non-hydrogen) atoms. The number of imidazole rings is 1. The molecule has 1 fully saturated rings. The predicted octanol–water partition coefficient (Wildman–Crippen LogP) is 3.41. The summed E-state index contributed by atoms with van der Waals surface area (Å²) in [5, 5.41) is 12.8. The molecular formula is C29H30N8O. The number of nitriles is 1. The first-order chi connectivity index (χ1) is 18.7. The van der Waals surface area contributed by atoms with Gasteiger partial charge in [-0.15, -0.1) is 0 Å². The Hall–Kier alpha value is -4.58. The van der Waals surface area contributed by atoms with Gasteiger partial charge in [0.2, 0.25) is 5.91 Å². The molecule has 9 heteroatoms.